The van der Waals surface area contributed by atoms with Crippen LogP contribution in [0, 0.1) is 5.41 Å². The van der Waals surface area contributed by atoms with E-state index < -0.39 is 15.9 Å². The molecule has 1 heterocycles. The molecule has 0 saturated carbocycles. The summed E-state index contributed by atoms with van der Waals surface area (Å²) >= 11 is 7.03. The summed E-state index contributed by atoms with van der Waals surface area (Å²) < 4.78 is 27.4. The van der Waals surface area contributed by atoms with Crippen molar-refractivity contribution in [3.63, 3.8) is 0 Å². The zero-order valence-corrected chi connectivity index (χ0v) is 14.4. The number of fused-ring (bicyclic) bond motifs is 1. The van der Waals surface area contributed by atoms with E-state index in [4.69, 9.17) is 17.0 Å². The van der Waals surface area contributed by atoms with Crippen LogP contribution < -0.4 is 9.83 Å². The molecule has 0 radical (unpaired) electrons. The summed E-state index contributed by atoms with van der Waals surface area (Å²) in [6.07, 6.45) is 3.51. The van der Waals surface area contributed by atoms with Crippen LogP contribution in [-0.2, 0) is 22.9 Å². The Morgan fingerprint density at radius 2 is 1.87 bits per heavy atom. The zero-order chi connectivity index (χ0) is 16.6. The first kappa shape index (κ1) is 16.3. The predicted molar refractivity (Wildman–Crippen MR) is 90.1 cm³/mol. The highest BCUT2D eigenvalue weighted by Gasteiger charge is 2.24. The summed E-state index contributed by atoms with van der Waals surface area (Å²) in [5.41, 5.74) is 1.03. The second-order valence-corrected chi connectivity index (χ2v) is 8.53. The Labute approximate surface area is 143 Å². The van der Waals surface area contributed by atoms with Crippen LogP contribution in [0.1, 0.15) is 28.8 Å². The molecule has 0 spiro atoms. The van der Waals surface area contributed by atoms with Crippen LogP contribution in [-0.4, -0.2) is 14.3 Å². The van der Waals surface area contributed by atoms with E-state index >= 15 is 0 Å². The normalized spacial score (nSPS) is 14.3. The number of sulfonamides is 1. The fraction of sp³-hybridized carbons (Fsp3) is 0.267. The third kappa shape index (κ3) is 3.22. The molecule has 0 fully saturated rings. The van der Waals surface area contributed by atoms with Gasteiger partial charge in [0.2, 0.25) is 0 Å². The number of thiophene rings is 1. The largest absolute Gasteiger partial charge is 0.859 e. The van der Waals surface area contributed by atoms with Gasteiger partial charge in [-0.3, -0.25) is 4.72 Å². The Morgan fingerprint density at radius 3 is 2.52 bits per heavy atom. The molecule has 2 N–H and O–H groups in total. The Balaban J connectivity index is 2.01. The summed E-state index contributed by atoms with van der Waals surface area (Å²) in [6.45, 7) is 0. The molecule has 1 aromatic heterocycles. The quantitative estimate of drug-likeness (QED) is 0.641. The van der Waals surface area contributed by atoms with Gasteiger partial charge in [0.25, 0.3) is 10.0 Å². The molecule has 0 atom stereocenters. The molecule has 5 nitrogen and oxygen atoms in total. The third-order valence-electron chi connectivity index (χ3n) is 3.75. The van der Waals surface area contributed by atoms with Gasteiger partial charge in [-0.05, 0) is 61.4 Å². The van der Waals surface area contributed by atoms with E-state index in [2.05, 4.69) is 4.72 Å². The summed E-state index contributed by atoms with van der Waals surface area (Å²) in [5.74, 6) is -0.849. The fourth-order valence-electron chi connectivity index (χ4n) is 2.67. The molecule has 1 aliphatic carbocycles. The van der Waals surface area contributed by atoms with Crippen molar-refractivity contribution in [1.29, 1.82) is 5.41 Å². The molecule has 2 aromatic rings. The zero-order valence-electron chi connectivity index (χ0n) is 12.1. The van der Waals surface area contributed by atoms with Crippen LogP contribution >= 0.6 is 22.9 Å². The van der Waals surface area contributed by atoms with Gasteiger partial charge in [-0.15, -0.1) is 11.3 Å². The summed E-state index contributed by atoms with van der Waals surface area (Å²) in [6, 6.07) is 5.79. The van der Waals surface area contributed by atoms with Crippen molar-refractivity contribution < 1.29 is 13.5 Å². The van der Waals surface area contributed by atoms with Crippen molar-refractivity contribution in [3.05, 3.63) is 45.3 Å². The molecule has 1 aliphatic rings. The number of nitrogens with one attached hydrogen (secondary N) is 2. The standard InChI is InChI=1S/C15H15ClN2O3S2/c16-9-5-7-10(8-6-9)23(20,21)18-15-13(14(17)19)11-3-1-2-4-12(11)22-15/h5-8,18H,1-4H2,(H2,17,19)/p-1. The second-order valence-electron chi connectivity index (χ2n) is 5.30. The van der Waals surface area contributed by atoms with Crippen LogP contribution in [0.15, 0.2) is 29.2 Å². The van der Waals surface area contributed by atoms with Gasteiger partial charge < -0.3 is 10.5 Å². The van der Waals surface area contributed by atoms with Gasteiger partial charge in [0.1, 0.15) is 5.00 Å². The molecular weight excluding hydrogens is 356 g/mol. The van der Waals surface area contributed by atoms with Gasteiger partial charge in [0, 0.05) is 15.5 Å². The van der Waals surface area contributed by atoms with E-state index in [0.29, 0.717) is 11.4 Å². The molecule has 0 bridgehead atoms. The van der Waals surface area contributed by atoms with Crippen molar-refractivity contribution in [1.82, 2.24) is 0 Å². The van der Waals surface area contributed by atoms with Crippen LogP contribution in [0.4, 0.5) is 5.00 Å². The van der Waals surface area contributed by atoms with Gasteiger partial charge in [-0.25, -0.2) is 8.42 Å². The van der Waals surface area contributed by atoms with Gasteiger partial charge in [0.05, 0.1) is 4.90 Å². The van der Waals surface area contributed by atoms with Gasteiger partial charge >= 0.3 is 0 Å². The molecule has 0 unspecified atom stereocenters. The van der Waals surface area contributed by atoms with Gasteiger partial charge in [-0.2, -0.15) is 0 Å². The van der Waals surface area contributed by atoms with Crippen LogP contribution in [0.25, 0.3) is 0 Å². The Morgan fingerprint density at radius 1 is 1.22 bits per heavy atom. The maximum absolute atomic E-state index is 12.5. The minimum atomic E-state index is -3.82. The lowest BCUT2D eigenvalue weighted by Gasteiger charge is -2.16. The number of halogens is 1. The van der Waals surface area contributed by atoms with Crippen LogP contribution in [0.2, 0.25) is 5.02 Å². The van der Waals surface area contributed by atoms with E-state index in [1.807, 2.05) is 0 Å². The fourth-order valence-corrected chi connectivity index (χ4v) is 5.39. The molecule has 122 valence electrons. The van der Waals surface area contributed by atoms with E-state index in [-0.39, 0.29) is 15.5 Å². The highest BCUT2D eigenvalue weighted by atomic mass is 35.5. The third-order valence-corrected chi connectivity index (χ3v) is 6.70. The first-order valence-electron chi connectivity index (χ1n) is 7.07. The monoisotopic (exact) mass is 369 g/mol. The molecule has 0 amide bonds. The van der Waals surface area contributed by atoms with E-state index in [1.54, 1.807) is 0 Å². The van der Waals surface area contributed by atoms with Crippen LogP contribution in [0.3, 0.4) is 0 Å². The molecule has 3 rings (SSSR count). The van der Waals surface area contributed by atoms with Gasteiger partial charge in [-0.1, -0.05) is 11.6 Å². The average molecular weight is 370 g/mol. The number of benzene rings is 1. The van der Waals surface area contributed by atoms with Crippen molar-refractivity contribution in [2.45, 2.75) is 30.6 Å². The lowest BCUT2D eigenvalue weighted by Crippen LogP contribution is -2.22. The summed E-state index contributed by atoms with van der Waals surface area (Å²) in [7, 11) is -3.82. The number of hydrogen-bond acceptors (Lipinski definition) is 5. The topological polar surface area (TPSA) is 93.1 Å². The second kappa shape index (κ2) is 6.14. The molecule has 8 heteroatoms. The number of aryl methyl sites for hydroxylation is 1. The molecule has 1 aromatic carbocycles. The highest BCUT2D eigenvalue weighted by molar-refractivity contribution is 7.93. The smallest absolute Gasteiger partial charge is 0.262 e. The maximum Gasteiger partial charge on any atom is 0.262 e. The molecule has 23 heavy (non-hydrogen) atoms. The lowest BCUT2D eigenvalue weighted by molar-refractivity contribution is -0.214. The number of rotatable bonds is 4. The first-order chi connectivity index (χ1) is 10.9. The Kier molecular flexibility index (Phi) is 4.35. The predicted octanol–water partition coefficient (Wildman–Crippen LogP) is 2.77. The van der Waals surface area contributed by atoms with E-state index in [0.717, 1.165) is 29.7 Å². The van der Waals surface area contributed by atoms with Crippen molar-refractivity contribution in [3.8, 4) is 0 Å². The molecule has 0 aliphatic heterocycles. The van der Waals surface area contributed by atoms with Crippen molar-refractivity contribution >= 4 is 43.9 Å². The lowest BCUT2D eigenvalue weighted by atomic mass is 9.95. The van der Waals surface area contributed by atoms with Gasteiger partial charge in [0.15, 0.2) is 0 Å². The van der Waals surface area contributed by atoms with Crippen molar-refractivity contribution in [2.24, 2.45) is 0 Å². The van der Waals surface area contributed by atoms with E-state index in [1.165, 1.54) is 35.6 Å². The average Bonchev–Trinajstić information content (AvgIpc) is 2.84. The Hall–Kier alpha value is -1.57. The Bertz CT molecular complexity index is 858. The van der Waals surface area contributed by atoms with Crippen LogP contribution in [0.5, 0.6) is 0 Å². The first-order valence-corrected chi connectivity index (χ1v) is 9.75. The summed E-state index contributed by atoms with van der Waals surface area (Å²) in [5, 5.41) is 19.8. The maximum atomic E-state index is 12.5. The van der Waals surface area contributed by atoms with E-state index in [9.17, 15) is 13.5 Å². The molecule has 0 saturated heterocycles. The minimum Gasteiger partial charge on any atom is -0.859 e. The molecular formula is C15H14ClN2O3S2-. The number of anilines is 1. The minimum absolute atomic E-state index is 0.0663. The van der Waals surface area contributed by atoms with Crippen molar-refractivity contribution in [2.75, 3.05) is 4.72 Å². The number of hydrogen-bond donors (Lipinski definition) is 2. The SMILES string of the molecule is N=C([O-])c1c(NS(=O)(=O)c2ccc(Cl)cc2)sc2c1CCCC2. The summed E-state index contributed by atoms with van der Waals surface area (Å²) in [4.78, 5) is 1.07. The highest BCUT2D eigenvalue weighted by Crippen LogP contribution is 2.38.